The predicted octanol–water partition coefficient (Wildman–Crippen LogP) is 1.99. The Morgan fingerprint density at radius 2 is 2.09 bits per heavy atom. The van der Waals surface area contributed by atoms with Gasteiger partial charge in [-0.25, -0.2) is 0 Å². The molecule has 1 aliphatic heterocycles. The quantitative estimate of drug-likeness (QED) is 0.657. The van der Waals surface area contributed by atoms with Crippen LogP contribution in [-0.2, 0) is 0 Å². The Labute approximate surface area is 65.2 Å². The zero-order chi connectivity index (χ0) is 7.52. The maximum absolute atomic E-state index is 5.24. The second-order valence-corrected chi connectivity index (χ2v) is 2.43. The van der Waals surface area contributed by atoms with E-state index < -0.39 is 0 Å². The molecule has 11 heavy (non-hydrogen) atoms. The van der Waals surface area contributed by atoms with Crippen LogP contribution in [0.15, 0.2) is 47.4 Å². The fourth-order valence-corrected chi connectivity index (χ4v) is 1.11. The van der Waals surface area contributed by atoms with Gasteiger partial charge in [0, 0.05) is 0 Å². The molecule has 0 spiro atoms. The van der Waals surface area contributed by atoms with Crippen molar-refractivity contribution in [2.45, 2.75) is 5.92 Å². The van der Waals surface area contributed by atoms with Crippen LogP contribution in [0.1, 0.15) is 11.7 Å². The summed E-state index contributed by atoms with van der Waals surface area (Å²) in [5, 5.41) is 2.97. The molecule has 1 aromatic heterocycles. The lowest BCUT2D eigenvalue weighted by molar-refractivity contribution is 0.508. The Hall–Kier alpha value is -1.44. The van der Waals surface area contributed by atoms with Crippen LogP contribution in [0, 0.1) is 0 Å². The summed E-state index contributed by atoms with van der Waals surface area (Å²) in [5.41, 5.74) is 0. The van der Waals surface area contributed by atoms with Crippen molar-refractivity contribution < 1.29 is 4.42 Å². The van der Waals surface area contributed by atoms with Crippen molar-refractivity contribution >= 4 is 0 Å². The minimum absolute atomic E-state index is 0.297. The van der Waals surface area contributed by atoms with Crippen molar-refractivity contribution in [2.75, 3.05) is 0 Å². The number of allylic oxidation sites excluding steroid dienone is 2. The van der Waals surface area contributed by atoms with Crippen molar-refractivity contribution in [1.29, 1.82) is 0 Å². The number of furan rings is 1. The van der Waals surface area contributed by atoms with Gasteiger partial charge in [0.15, 0.2) is 0 Å². The van der Waals surface area contributed by atoms with Crippen LogP contribution in [0.3, 0.4) is 0 Å². The number of hydrogen-bond acceptors (Lipinski definition) is 2. The van der Waals surface area contributed by atoms with E-state index in [0.29, 0.717) is 5.92 Å². The average Bonchev–Trinajstić information content (AvgIpc) is 2.58. The summed E-state index contributed by atoms with van der Waals surface area (Å²) in [6, 6.07) is 3.88. The Balaban J connectivity index is 2.23. The SMILES string of the molecule is C1=CC(c2ccco2)C=CN1. The zero-order valence-electron chi connectivity index (χ0n) is 6.03. The number of nitrogens with one attached hydrogen (secondary N) is 1. The highest BCUT2D eigenvalue weighted by molar-refractivity contribution is 5.22. The van der Waals surface area contributed by atoms with Gasteiger partial charge in [-0.3, -0.25) is 0 Å². The third-order valence-electron chi connectivity index (χ3n) is 1.67. The molecule has 2 heterocycles. The normalized spacial score (nSPS) is 16.7. The molecule has 2 rings (SSSR count). The van der Waals surface area contributed by atoms with Crippen molar-refractivity contribution in [2.24, 2.45) is 0 Å². The molecule has 1 aromatic rings. The van der Waals surface area contributed by atoms with Crippen molar-refractivity contribution in [3.05, 3.63) is 48.7 Å². The molecule has 2 heteroatoms. The minimum atomic E-state index is 0.297. The lowest BCUT2D eigenvalue weighted by Crippen LogP contribution is -2.01. The Bertz CT molecular complexity index is 260. The van der Waals surface area contributed by atoms with Gasteiger partial charge in [0.2, 0.25) is 0 Å². The Kier molecular flexibility index (Phi) is 1.52. The smallest absolute Gasteiger partial charge is 0.114 e. The van der Waals surface area contributed by atoms with E-state index >= 15 is 0 Å². The van der Waals surface area contributed by atoms with Gasteiger partial charge in [-0.15, -0.1) is 0 Å². The molecule has 0 saturated carbocycles. The summed E-state index contributed by atoms with van der Waals surface area (Å²) < 4.78 is 5.24. The van der Waals surface area contributed by atoms with E-state index in [1.165, 1.54) is 0 Å². The molecule has 1 N–H and O–H groups in total. The molecule has 1 aliphatic rings. The third kappa shape index (κ3) is 1.19. The second kappa shape index (κ2) is 2.66. The van der Waals surface area contributed by atoms with E-state index in [2.05, 4.69) is 17.5 Å². The van der Waals surface area contributed by atoms with Crippen LogP contribution in [-0.4, -0.2) is 0 Å². The predicted molar refractivity (Wildman–Crippen MR) is 42.9 cm³/mol. The number of hydrogen-bond donors (Lipinski definition) is 1. The first-order chi connectivity index (χ1) is 5.47. The molecule has 2 nitrogen and oxygen atoms in total. The summed E-state index contributed by atoms with van der Waals surface area (Å²) in [4.78, 5) is 0. The van der Waals surface area contributed by atoms with E-state index in [1.807, 2.05) is 24.5 Å². The van der Waals surface area contributed by atoms with Crippen molar-refractivity contribution in [3.63, 3.8) is 0 Å². The summed E-state index contributed by atoms with van der Waals surface area (Å²) in [6.07, 6.45) is 9.62. The van der Waals surface area contributed by atoms with Crippen LogP contribution in [0.5, 0.6) is 0 Å². The molecule has 0 aliphatic carbocycles. The van der Waals surface area contributed by atoms with Gasteiger partial charge < -0.3 is 9.73 Å². The van der Waals surface area contributed by atoms with Crippen molar-refractivity contribution in [1.82, 2.24) is 5.32 Å². The Morgan fingerprint density at radius 3 is 2.73 bits per heavy atom. The first-order valence-corrected chi connectivity index (χ1v) is 3.59. The molecule has 0 aromatic carbocycles. The summed E-state index contributed by atoms with van der Waals surface area (Å²) in [6.45, 7) is 0. The first-order valence-electron chi connectivity index (χ1n) is 3.59. The lowest BCUT2D eigenvalue weighted by atomic mass is 10.1. The van der Waals surface area contributed by atoms with Gasteiger partial charge in [0.05, 0.1) is 12.2 Å². The molecule has 56 valence electrons. The highest BCUT2D eigenvalue weighted by Crippen LogP contribution is 2.19. The summed E-state index contributed by atoms with van der Waals surface area (Å²) in [5.74, 6) is 1.28. The minimum Gasteiger partial charge on any atom is -0.468 e. The van der Waals surface area contributed by atoms with Gasteiger partial charge in [-0.1, -0.05) is 12.2 Å². The molecule has 0 radical (unpaired) electrons. The van der Waals surface area contributed by atoms with Crippen LogP contribution < -0.4 is 5.32 Å². The van der Waals surface area contributed by atoms with Gasteiger partial charge in [0.1, 0.15) is 5.76 Å². The van der Waals surface area contributed by atoms with Gasteiger partial charge in [0.25, 0.3) is 0 Å². The number of dihydropyridines is 1. The maximum atomic E-state index is 5.24. The fraction of sp³-hybridized carbons (Fsp3) is 0.111. The van der Waals surface area contributed by atoms with Gasteiger partial charge >= 0.3 is 0 Å². The fourth-order valence-electron chi connectivity index (χ4n) is 1.11. The molecule has 0 saturated heterocycles. The van der Waals surface area contributed by atoms with E-state index in [-0.39, 0.29) is 0 Å². The molecule has 0 amide bonds. The largest absolute Gasteiger partial charge is 0.468 e. The lowest BCUT2D eigenvalue weighted by Gasteiger charge is -2.07. The first kappa shape index (κ1) is 6.28. The van der Waals surface area contributed by atoms with Gasteiger partial charge in [-0.2, -0.15) is 0 Å². The molecule has 0 atom stereocenters. The molecular formula is C9H9NO. The van der Waals surface area contributed by atoms with Crippen LogP contribution in [0.4, 0.5) is 0 Å². The standard InChI is InChI=1S/C9H9NO/c1-2-9(11-7-1)8-3-5-10-6-4-8/h1-8,10H. The number of rotatable bonds is 1. The van der Waals surface area contributed by atoms with Crippen LogP contribution in [0.25, 0.3) is 0 Å². The highest BCUT2D eigenvalue weighted by Gasteiger charge is 2.07. The van der Waals surface area contributed by atoms with Crippen LogP contribution >= 0.6 is 0 Å². The monoisotopic (exact) mass is 147 g/mol. The van der Waals surface area contributed by atoms with E-state index in [0.717, 1.165) is 5.76 Å². The van der Waals surface area contributed by atoms with E-state index in [9.17, 15) is 0 Å². The molecule has 0 bridgehead atoms. The average molecular weight is 147 g/mol. The molecule has 0 unspecified atom stereocenters. The second-order valence-electron chi connectivity index (χ2n) is 2.43. The van der Waals surface area contributed by atoms with E-state index in [4.69, 9.17) is 4.42 Å². The maximum Gasteiger partial charge on any atom is 0.114 e. The van der Waals surface area contributed by atoms with Crippen molar-refractivity contribution in [3.8, 4) is 0 Å². The zero-order valence-corrected chi connectivity index (χ0v) is 6.03. The topological polar surface area (TPSA) is 25.2 Å². The third-order valence-corrected chi connectivity index (χ3v) is 1.67. The Morgan fingerprint density at radius 1 is 1.27 bits per heavy atom. The molecule has 0 fully saturated rings. The van der Waals surface area contributed by atoms with E-state index in [1.54, 1.807) is 6.26 Å². The van der Waals surface area contributed by atoms with Gasteiger partial charge in [-0.05, 0) is 24.5 Å². The van der Waals surface area contributed by atoms with Crippen LogP contribution in [0.2, 0.25) is 0 Å². The summed E-state index contributed by atoms with van der Waals surface area (Å²) >= 11 is 0. The highest BCUT2D eigenvalue weighted by atomic mass is 16.3. The molecular weight excluding hydrogens is 138 g/mol. The summed E-state index contributed by atoms with van der Waals surface area (Å²) in [7, 11) is 0.